The van der Waals surface area contributed by atoms with Gasteiger partial charge in [-0.3, -0.25) is 0 Å². The van der Waals surface area contributed by atoms with E-state index in [4.69, 9.17) is 5.73 Å². The number of unbranched alkanes of at least 4 members (excludes halogenated alkanes) is 3. The van der Waals surface area contributed by atoms with Crippen LogP contribution in [0.1, 0.15) is 57.4 Å². The largest absolute Gasteiger partial charge is 0.368 e. The molecule has 2 N–H and O–H groups in total. The van der Waals surface area contributed by atoms with Gasteiger partial charge in [-0.2, -0.15) is 0 Å². The Labute approximate surface area is 92.1 Å². The number of nitrogens with two attached hydrogens (primary N) is 1. The van der Waals surface area contributed by atoms with Crippen LogP contribution in [0.15, 0.2) is 12.4 Å². The molecule has 1 heterocycles. The Balaban J connectivity index is 2.33. The minimum atomic E-state index is 0.358. The molecule has 1 aromatic rings. The summed E-state index contributed by atoms with van der Waals surface area (Å²) < 4.78 is 0. The van der Waals surface area contributed by atoms with Gasteiger partial charge in [-0.15, -0.1) is 0 Å². The van der Waals surface area contributed by atoms with Crippen LogP contribution in [-0.2, 0) is 0 Å². The van der Waals surface area contributed by atoms with Crippen LogP contribution in [0.25, 0.3) is 0 Å². The standard InChI is InChI=1S/C12H21N3/c1-3-4-5-6-7-10(2)11-8-14-12(13)15-9-11/h8-10H,3-7H2,1-2H3,(H2,13,14,15). The summed E-state index contributed by atoms with van der Waals surface area (Å²) in [5, 5.41) is 0. The molecule has 0 aliphatic heterocycles. The average Bonchev–Trinajstić information content (AvgIpc) is 2.25. The summed E-state index contributed by atoms with van der Waals surface area (Å²) in [5.41, 5.74) is 6.64. The summed E-state index contributed by atoms with van der Waals surface area (Å²) in [4.78, 5) is 8.02. The fourth-order valence-electron chi connectivity index (χ4n) is 1.65. The van der Waals surface area contributed by atoms with Crippen molar-refractivity contribution in [3.63, 3.8) is 0 Å². The van der Waals surface area contributed by atoms with Crippen molar-refractivity contribution in [1.82, 2.24) is 9.97 Å². The molecule has 1 aromatic heterocycles. The number of nitrogens with zero attached hydrogens (tertiary/aromatic N) is 2. The summed E-state index contributed by atoms with van der Waals surface area (Å²) in [7, 11) is 0. The van der Waals surface area contributed by atoms with Crippen molar-refractivity contribution in [2.24, 2.45) is 0 Å². The van der Waals surface area contributed by atoms with Crippen molar-refractivity contribution in [3.05, 3.63) is 18.0 Å². The lowest BCUT2D eigenvalue weighted by atomic mass is 9.97. The van der Waals surface area contributed by atoms with Gasteiger partial charge in [0, 0.05) is 12.4 Å². The molecule has 0 saturated heterocycles. The molecule has 0 saturated carbocycles. The van der Waals surface area contributed by atoms with E-state index in [0.717, 1.165) is 0 Å². The second-order valence-corrected chi connectivity index (χ2v) is 4.12. The molecule has 1 rings (SSSR count). The molecule has 0 radical (unpaired) electrons. The number of anilines is 1. The van der Waals surface area contributed by atoms with Gasteiger partial charge in [-0.05, 0) is 17.9 Å². The van der Waals surface area contributed by atoms with Crippen LogP contribution in [0.5, 0.6) is 0 Å². The lowest BCUT2D eigenvalue weighted by Crippen LogP contribution is -1.99. The van der Waals surface area contributed by atoms with Crippen LogP contribution in [0.3, 0.4) is 0 Å². The zero-order valence-corrected chi connectivity index (χ0v) is 9.74. The second kappa shape index (κ2) is 6.38. The van der Waals surface area contributed by atoms with Gasteiger partial charge in [0.05, 0.1) is 0 Å². The smallest absolute Gasteiger partial charge is 0.219 e. The second-order valence-electron chi connectivity index (χ2n) is 4.12. The van der Waals surface area contributed by atoms with Gasteiger partial charge >= 0.3 is 0 Å². The molecule has 3 heteroatoms. The van der Waals surface area contributed by atoms with Crippen molar-refractivity contribution in [1.29, 1.82) is 0 Å². The highest BCUT2D eigenvalue weighted by molar-refractivity contribution is 5.19. The van der Waals surface area contributed by atoms with Gasteiger partial charge in [0.25, 0.3) is 0 Å². The molecule has 0 fully saturated rings. The van der Waals surface area contributed by atoms with Crippen LogP contribution in [0, 0.1) is 0 Å². The zero-order chi connectivity index (χ0) is 11.1. The van der Waals surface area contributed by atoms with Gasteiger partial charge in [-0.1, -0.05) is 39.5 Å². The van der Waals surface area contributed by atoms with E-state index < -0.39 is 0 Å². The molecule has 0 amide bonds. The highest BCUT2D eigenvalue weighted by Crippen LogP contribution is 2.20. The third kappa shape index (κ3) is 4.28. The van der Waals surface area contributed by atoms with E-state index in [-0.39, 0.29) is 0 Å². The predicted molar refractivity (Wildman–Crippen MR) is 63.6 cm³/mol. The maximum absolute atomic E-state index is 5.44. The van der Waals surface area contributed by atoms with E-state index in [1.165, 1.54) is 37.7 Å². The minimum Gasteiger partial charge on any atom is -0.368 e. The molecule has 0 spiro atoms. The molecule has 1 atom stereocenters. The lowest BCUT2D eigenvalue weighted by Gasteiger charge is -2.10. The quantitative estimate of drug-likeness (QED) is 0.729. The Morgan fingerprint density at radius 3 is 2.47 bits per heavy atom. The van der Waals surface area contributed by atoms with Gasteiger partial charge in [0.1, 0.15) is 0 Å². The van der Waals surface area contributed by atoms with Crippen LogP contribution in [0.2, 0.25) is 0 Å². The van der Waals surface area contributed by atoms with E-state index in [2.05, 4.69) is 23.8 Å². The monoisotopic (exact) mass is 207 g/mol. The van der Waals surface area contributed by atoms with Crippen LogP contribution in [-0.4, -0.2) is 9.97 Å². The van der Waals surface area contributed by atoms with Crippen molar-refractivity contribution in [3.8, 4) is 0 Å². The van der Waals surface area contributed by atoms with E-state index in [0.29, 0.717) is 11.9 Å². The summed E-state index contributed by atoms with van der Waals surface area (Å²) in [6.07, 6.45) is 10.1. The van der Waals surface area contributed by atoms with Crippen LogP contribution >= 0.6 is 0 Å². The zero-order valence-electron chi connectivity index (χ0n) is 9.74. The average molecular weight is 207 g/mol. The summed E-state index contributed by atoms with van der Waals surface area (Å²) in [6, 6.07) is 0. The van der Waals surface area contributed by atoms with Gasteiger partial charge in [0.2, 0.25) is 5.95 Å². The fraction of sp³-hybridized carbons (Fsp3) is 0.667. The molecule has 0 aliphatic carbocycles. The first-order valence-corrected chi connectivity index (χ1v) is 5.81. The molecule has 3 nitrogen and oxygen atoms in total. The minimum absolute atomic E-state index is 0.358. The Morgan fingerprint density at radius 1 is 1.20 bits per heavy atom. The van der Waals surface area contributed by atoms with Gasteiger partial charge < -0.3 is 5.73 Å². The van der Waals surface area contributed by atoms with Crippen molar-refractivity contribution in [2.45, 2.75) is 51.9 Å². The Hall–Kier alpha value is -1.12. The Kier molecular flexibility index (Phi) is 5.08. The highest BCUT2D eigenvalue weighted by atomic mass is 15.0. The van der Waals surface area contributed by atoms with Gasteiger partial charge in [0.15, 0.2) is 0 Å². The Bertz CT molecular complexity index is 269. The molecule has 0 aliphatic rings. The third-order valence-electron chi connectivity index (χ3n) is 2.75. The maximum atomic E-state index is 5.44. The molecular formula is C12H21N3. The first kappa shape index (κ1) is 12.0. The summed E-state index contributed by atoms with van der Waals surface area (Å²) >= 11 is 0. The van der Waals surface area contributed by atoms with Crippen LogP contribution < -0.4 is 5.73 Å². The molecule has 15 heavy (non-hydrogen) atoms. The molecule has 84 valence electrons. The topological polar surface area (TPSA) is 51.8 Å². The van der Waals surface area contributed by atoms with E-state index >= 15 is 0 Å². The van der Waals surface area contributed by atoms with Crippen molar-refractivity contribution < 1.29 is 0 Å². The number of rotatable bonds is 6. The first-order chi connectivity index (χ1) is 7.24. The van der Waals surface area contributed by atoms with Gasteiger partial charge in [-0.25, -0.2) is 9.97 Å². The third-order valence-corrected chi connectivity index (χ3v) is 2.75. The lowest BCUT2D eigenvalue weighted by molar-refractivity contribution is 0.578. The van der Waals surface area contributed by atoms with E-state index in [9.17, 15) is 0 Å². The Morgan fingerprint density at radius 2 is 1.87 bits per heavy atom. The highest BCUT2D eigenvalue weighted by Gasteiger charge is 2.05. The van der Waals surface area contributed by atoms with Crippen molar-refractivity contribution in [2.75, 3.05) is 5.73 Å². The number of hydrogen-bond acceptors (Lipinski definition) is 3. The maximum Gasteiger partial charge on any atom is 0.219 e. The molecule has 0 bridgehead atoms. The SMILES string of the molecule is CCCCCCC(C)c1cnc(N)nc1. The molecular weight excluding hydrogens is 186 g/mol. The normalized spacial score (nSPS) is 12.7. The summed E-state index contributed by atoms with van der Waals surface area (Å²) in [6.45, 7) is 4.46. The summed E-state index contributed by atoms with van der Waals surface area (Å²) in [5.74, 6) is 0.902. The fourth-order valence-corrected chi connectivity index (χ4v) is 1.65. The first-order valence-electron chi connectivity index (χ1n) is 5.81. The number of nitrogen functional groups attached to an aromatic ring is 1. The number of hydrogen-bond donors (Lipinski definition) is 1. The van der Waals surface area contributed by atoms with E-state index in [1.807, 2.05) is 12.4 Å². The van der Waals surface area contributed by atoms with E-state index in [1.54, 1.807) is 0 Å². The van der Waals surface area contributed by atoms with Crippen LogP contribution in [0.4, 0.5) is 5.95 Å². The van der Waals surface area contributed by atoms with Crippen molar-refractivity contribution >= 4 is 5.95 Å². The molecule has 1 unspecified atom stereocenters. The predicted octanol–water partition coefficient (Wildman–Crippen LogP) is 3.13. The number of aromatic nitrogens is 2. The molecule has 0 aromatic carbocycles.